The molecule has 0 radical (unpaired) electrons. The van der Waals surface area contributed by atoms with Crippen LogP contribution in [0, 0.1) is 5.92 Å². The topological polar surface area (TPSA) is 124 Å². The Morgan fingerprint density at radius 2 is 1.94 bits per heavy atom. The van der Waals surface area contributed by atoms with Crippen molar-refractivity contribution in [3.63, 3.8) is 0 Å². The van der Waals surface area contributed by atoms with Crippen molar-refractivity contribution in [3.05, 3.63) is 58.8 Å². The molecule has 164 valence electrons. The molecule has 32 heavy (non-hydrogen) atoms. The maximum Gasteiger partial charge on any atom is 0.335 e. The van der Waals surface area contributed by atoms with Crippen molar-refractivity contribution in [2.45, 2.75) is 32.6 Å². The van der Waals surface area contributed by atoms with Crippen molar-refractivity contribution in [2.75, 3.05) is 0 Å². The highest BCUT2D eigenvalue weighted by Gasteiger charge is 2.33. The zero-order valence-electron chi connectivity index (χ0n) is 17.4. The number of phenolic OH excluding ortho intramolecular Hbond substituents is 1. The fourth-order valence-corrected chi connectivity index (χ4v) is 4.24. The van der Waals surface area contributed by atoms with E-state index in [1.54, 1.807) is 18.2 Å². The van der Waals surface area contributed by atoms with E-state index in [9.17, 15) is 15.0 Å². The number of halogens is 1. The summed E-state index contributed by atoms with van der Waals surface area (Å²) in [5.74, 6) is -0.870. The van der Waals surface area contributed by atoms with Crippen LogP contribution in [0.15, 0.2) is 58.2 Å². The Labute approximate surface area is 189 Å². The molecule has 1 aliphatic rings. The fourth-order valence-electron chi connectivity index (χ4n) is 3.92. The van der Waals surface area contributed by atoms with E-state index in [2.05, 4.69) is 32.5 Å². The number of aliphatic carboxylic acids is 1. The number of nitrogens with zero attached hydrogens (tertiary/aromatic N) is 4. The minimum atomic E-state index is -1.03. The van der Waals surface area contributed by atoms with Gasteiger partial charge >= 0.3 is 5.97 Å². The summed E-state index contributed by atoms with van der Waals surface area (Å²) < 4.78 is 0. The number of aromatic amines is 1. The van der Waals surface area contributed by atoms with Gasteiger partial charge in [-0.2, -0.15) is 5.21 Å². The molecule has 0 fully saturated rings. The maximum absolute atomic E-state index is 11.8. The van der Waals surface area contributed by atoms with Gasteiger partial charge in [0.15, 0.2) is 0 Å². The number of benzene rings is 2. The van der Waals surface area contributed by atoms with E-state index in [0.29, 0.717) is 17.8 Å². The predicted octanol–water partition coefficient (Wildman–Crippen LogP) is 4.58. The number of phenols is 1. The molecule has 1 aromatic heterocycles. The van der Waals surface area contributed by atoms with Gasteiger partial charge in [0.25, 0.3) is 0 Å². The number of carboxylic acids is 1. The summed E-state index contributed by atoms with van der Waals surface area (Å²) in [6, 6.07) is 12.8. The van der Waals surface area contributed by atoms with Crippen LogP contribution in [-0.2, 0) is 11.2 Å². The number of nitrogens with one attached hydrogen (secondary N) is 1. The molecule has 0 saturated carbocycles. The third-order valence-electron chi connectivity index (χ3n) is 5.53. The van der Waals surface area contributed by atoms with Gasteiger partial charge in [-0.25, -0.2) is 9.79 Å². The molecule has 0 saturated heterocycles. The number of aromatic nitrogens is 4. The molecule has 0 aliphatic carbocycles. The highest BCUT2D eigenvalue weighted by Crippen LogP contribution is 2.35. The van der Waals surface area contributed by atoms with Crippen molar-refractivity contribution in [3.8, 4) is 28.3 Å². The van der Waals surface area contributed by atoms with Crippen molar-refractivity contribution < 1.29 is 15.0 Å². The number of rotatable bonds is 8. The second kappa shape index (κ2) is 9.32. The first-order valence-corrected chi connectivity index (χ1v) is 10.7. The molecular formula is C23H22ClN5O3. The van der Waals surface area contributed by atoms with Crippen LogP contribution in [0.3, 0.4) is 0 Å². The van der Waals surface area contributed by atoms with E-state index in [0.717, 1.165) is 41.7 Å². The summed E-state index contributed by atoms with van der Waals surface area (Å²) in [7, 11) is 0. The van der Waals surface area contributed by atoms with Crippen LogP contribution >= 0.6 is 11.6 Å². The van der Waals surface area contributed by atoms with Crippen LogP contribution < -0.4 is 0 Å². The molecule has 2 heterocycles. The number of hydrogen-bond acceptors (Lipinski definition) is 6. The minimum absolute atomic E-state index is 0.0825. The molecular weight excluding hydrogens is 430 g/mol. The highest BCUT2D eigenvalue weighted by atomic mass is 35.5. The number of aliphatic imine (C=N–C) groups is 1. The minimum Gasteiger partial charge on any atom is -0.508 e. The fraction of sp³-hybridized carbons (Fsp3) is 0.261. The summed E-state index contributed by atoms with van der Waals surface area (Å²) in [5.41, 5.74) is 4.38. The molecule has 9 heteroatoms. The lowest BCUT2D eigenvalue weighted by Gasteiger charge is -2.16. The molecule has 3 aromatic rings. The Morgan fingerprint density at radius 3 is 2.59 bits per heavy atom. The smallest absolute Gasteiger partial charge is 0.335 e. The van der Waals surface area contributed by atoms with Gasteiger partial charge < -0.3 is 10.2 Å². The molecule has 0 amide bonds. The number of H-pyrrole nitrogens is 1. The second-order valence-corrected chi connectivity index (χ2v) is 7.99. The molecule has 1 unspecified atom stereocenters. The lowest BCUT2D eigenvalue weighted by molar-refractivity contribution is -0.133. The van der Waals surface area contributed by atoms with Crippen molar-refractivity contribution >= 4 is 23.3 Å². The van der Waals surface area contributed by atoms with Crippen LogP contribution in [0.1, 0.15) is 31.7 Å². The molecule has 0 spiro atoms. The lowest BCUT2D eigenvalue weighted by atomic mass is 9.87. The Bertz CT molecular complexity index is 1190. The molecule has 1 aliphatic heterocycles. The quantitative estimate of drug-likeness (QED) is 0.430. The van der Waals surface area contributed by atoms with Crippen LogP contribution in [-0.4, -0.2) is 42.5 Å². The van der Waals surface area contributed by atoms with Crippen LogP contribution in [0.5, 0.6) is 5.75 Å². The third kappa shape index (κ3) is 4.40. The number of tetrazole rings is 1. The summed E-state index contributed by atoms with van der Waals surface area (Å²) in [5, 5.41) is 33.7. The first-order valence-electron chi connectivity index (χ1n) is 10.3. The zero-order chi connectivity index (χ0) is 22.7. The molecule has 0 bridgehead atoms. The Morgan fingerprint density at radius 1 is 1.16 bits per heavy atom. The van der Waals surface area contributed by atoms with Gasteiger partial charge in [0.1, 0.15) is 10.9 Å². The van der Waals surface area contributed by atoms with Gasteiger partial charge in [0, 0.05) is 17.2 Å². The molecule has 3 N–H and O–H groups in total. The standard InChI is InChI=1S/C23H22ClN5O3/c1-2-3-4-19-18(20(23(31)32)21(24)25-19)11-13-5-7-14(8-6-13)16-10-9-15(30)12-17(16)22-26-28-29-27-22/h5-10,12,18,30H,2-4,11H2,1H3,(H,31,32)(H,26,27,28,29). The number of hydrogen-bond donors (Lipinski definition) is 3. The van der Waals surface area contributed by atoms with Crippen LogP contribution in [0.4, 0.5) is 0 Å². The summed E-state index contributed by atoms with van der Waals surface area (Å²) in [4.78, 5) is 16.1. The number of aromatic hydroxyl groups is 1. The van der Waals surface area contributed by atoms with E-state index < -0.39 is 5.97 Å². The van der Waals surface area contributed by atoms with Gasteiger partial charge in [-0.15, -0.1) is 10.2 Å². The average molecular weight is 452 g/mol. The van der Waals surface area contributed by atoms with Crippen molar-refractivity contribution in [1.29, 1.82) is 0 Å². The monoisotopic (exact) mass is 451 g/mol. The van der Waals surface area contributed by atoms with Gasteiger partial charge in [0.2, 0.25) is 5.82 Å². The summed E-state index contributed by atoms with van der Waals surface area (Å²) >= 11 is 6.16. The summed E-state index contributed by atoms with van der Waals surface area (Å²) in [6.07, 6.45) is 3.17. The number of carboxylic acid groups (broad SMARTS) is 1. The van der Waals surface area contributed by atoms with Crippen molar-refractivity contribution in [2.24, 2.45) is 10.9 Å². The van der Waals surface area contributed by atoms with Crippen LogP contribution in [0.25, 0.3) is 22.5 Å². The third-order valence-corrected chi connectivity index (χ3v) is 5.81. The first kappa shape index (κ1) is 21.7. The molecule has 2 aromatic carbocycles. The second-order valence-electron chi connectivity index (χ2n) is 7.64. The number of carbonyl (C=O) groups is 1. The lowest BCUT2D eigenvalue weighted by Crippen LogP contribution is -2.21. The SMILES string of the molecule is CCCCC1=NC(Cl)=C(C(=O)O)C1Cc1ccc(-c2ccc(O)cc2-c2nn[nH]n2)cc1. The molecule has 1 atom stereocenters. The van der Waals surface area contributed by atoms with Crippen LogP contribution in [0.2, 0.25) is 0 Å². The van der Waals surface area contributed by atoms with E-state index in [4.69, 9.17) is 11.6 Å². The van der Waals surface area contributed by atoms with Gasteiger partial charge in [-0.3, -0.25) is 0 Å². The number of unbranched alkanes of at least 4 members (excludes halogenated alkanes) is 1. The average Bonchev–Trinajstić information content (AvgIpc) is 3.41. The Balaban J connectivity index is 1.61. The van der Waals surface area contributed by atoms with Gasteiger partial charge in [-0.1, -0.05) is 49.2 Å². The zero-order valence-corrected chi connectivity index (χ0v) is 18.2. The molecule has 4 rings (SSSR count). The first-order chi connectivity index (χ1) is 15.5. The maximum atomic E-state index is 11.8. The Hall–Kier alpha value is -3.52. The van der Waals surface area contributed by atoms with E-state index in [-0.39, 0.29) is 22.4 Å². The summed E-state index contributed by atoms with van der Waals surface area (Å²) in [6.45, 7) is 2.09. The van der Waals surface area contributed by atoms with Crippen molar-refractivity contribution in [1.82, 2.24) is 20.6 Å². The highest BCUT2D eigenvalue weighted by molar-refractivity contribution is 6.33. The molecule has 8 nitrogen and oxygen atoms in total. The van der Waals surface area contributed by atoms with Gasteiger partial charge in [0.05, 0.1) is 5.57 Å². The van der Waals surface area contributed by atoms with E-state index in [1.165, 1.54) is 0 Å². The van der Waals surface area contributed by atoms with Gasteiger partial charge in [-0.05, 0) is 59.4 Å². The van der Waals surface area contributed by atoms with E-state index >= 15 is 0 Å². The Kier molecular flexibility index (Phi) is 6.32. The largest absolute Gasteiger partial charge is 0.508 e. The normalized spacial score (nSPS) is 15.8. The van der Waals surface area contributed by atoms with E-state index in [1.807, 2.05) is 24.3 Å². The predicted molar refractivity (Wildman–Crippen MR) is 121 cm³/mol.